The summed E-state index contributed by atoms with van der Waals surface area (Å²) in [6, 6.07) is 0.420. The molecule has 2 heterocycles. The molecule has 1 saturated heterocycles. The molecule has 0 radical (unpaired) electrons. The molecule has 1 unspecified atom stereocenters. The highest BCUT2D eigenvalue weighted by Gasteiger charge is 2.16. The van der Waals surface area contributed by atoms with Gasteiger partial charge in [0, 0.05) is 12.6 Å². The highest BCUT2D eigenvalue weighted by molar-refractivity contribution is 7.15. The third-order valence-corrected chi connectivity index (χ3v) is 3.18. The van der Waals surface area contributed by atoms with Crippen LogP contribution in [0.5, 0.6) is 0 Å². The van der Waals surface area contributed by atoms with Crippen LogP contribution in [0.4, 0.5) is 13.9 Å². The second-order valence-electron chi connectivity index (χ2n) is 3.42. The third kappa shape index (κ3) is 2.82. The molecule has 1 fully saturated rings. The molecule has 1 aliphatic rings. The van der Waals surface area contributed by atoms with Crippen molar-refractivity contribution in [1.29, 1.82) is 0 Å². The first-order valence-corrected chi connectivity index (χ1v) is 5.66. The first-order valence-electron chi connectivity index (χ1n) is 4.84. The number of nitrogens with one attached hydrogen (secondary N) is 2. The Morgan fingerprint density at radius 1 is 1.53 bits per heavy atom. The maximum atomic E-state index is 12.2. The minimum atomic E-state index is -2.53. The van der Waals surface area contributed by atoms with Crippen LogP contribution in [0, 0.1) is 0 Å². The summed E-state index contributed by atoms with van der Waals surface area (Å²) in [5.74, 6) is 0. The van der Waals surface area contributed by atoms with E-state index < -0.39 is 6.43 Å². The maximum absolute atomic E-state index is 12.2. The van der Waals surface area contributed by atoms with Crippen molar-refractivity contribution in [3.05, 3.63) is 5.01 Å². The monoisotopic (exact) mass is 234 g/mol. The molecule has 0 aliphatic carbocycles. The lowest BCUT2D eigenvalue weighted by Gasteiger charge is -2.09. The van der Waals surface area contributed by atoms with Gasteiger partial charge in [0.15, 0.2) is 5.01 Å². The number of alkyl halides is 2. The number of anilines is 1. The fourth-order valence-electron chi connectivity index (χ4n) is 1.54. The lowest BCUT2D eigenvalue weighted by molar-refractivity contribution is 0.150. The first-order chi connectivity index (χ1) is 7.25. The normalized spacial score (nSPS) is 21.1. The Labute approximate surface area is 90.1 Å². The Morgan fingerprint density at radius 3 is 3.00 bits per heavy atom. The summed E-state index contributed by atoms with van der Waals surface area (Å²) in [7, 11) is 0. The third-order valence-electron chi connectivity index (χ3n) is 2.29. The Morgan fingerprint density at radius 2 is 2.40 bits per heavy atom. The molecule has 0 bridgehead atoms. The molecule has 15 heavy (non-hydrogen) atoms. The average Bonchev–Trinajstić information content (AvgIpc) is 2.86. The zero-order valence-corrected chi connectivity index (χ0v) is 8.86. The van der Waals surface area contributed by atoms with Gasteiger partial charge < -0.3 is 10.6 Å². The van der Waals surface area contributed by atoms with Crippen molar-refractivity contribution >= 4 is 16.5 Å². The van der Waals surface area contributed by atoms with Gasteiger partial charge in [-0.1, -0.05) is 11.3 Å². The molecule has 84 valence electrons. The standard InChI is InChI=1S/C8H12F2N4S/c9-6(10)7-13-14-8(15-7)12-4-5-2-1-3-11-5/h5-6,11H,1-4H2,(H,12,14). The van der Waals surface area contributed by atoms with Crippen LogP contribution in [-0.2, 0) is 0 Å². The molecule has 7 heteroatoms. The second-order valence-corrected chi connectivity index (χ2v) is 4.43. The van der Waals surface area contributed by atoms with E-state index in [1.54, 1.807) is 0 Å². The van der Waals surface area contributed by atoms with Crippen LogP contribution in [0.3, 0.4) is 0 Å². The van der Waals surface area contributed by atoms with Crippen molar-refractivity contribution < 1.29 is 8.78 Å². The van der Waals surface area contributed by atoms with Gasteiger partial charge >= 0.3 is 0 Å². The minimum absolute atomic E-state index is 0.225. The van der Waals surface area contributed by atoms with E-state index in [9.17, 15) is 8.78 Å². The van der Waals surface area contributed by atoms with Crippen LogP contribution in [0.25, 0.3) is 0 Å². The van der Waals surface area contributed by atoms with Gasteiger partial charge in [0.2, 0.25) is 5.13 Å². The number of nitrogens with zero attached hydrogens (tertiary/aromatic N) is 2. The number of aromatic nitrogens is 2. The van der Waals surface area contributed by atoms with Gasteiger partial charge in [-0.15, -0.1) is 10.2 Å². The van der Waals surface area contributed by atoms with Crippen LogP contribution in [0.15, 0.2) is 0 Å². The van der Waals surface area contributed by atoms with Crippen LogP contribution in [0.1, 0.15) is 24.3 Å². The summed E-state index contributed by atoms with van der Waals surface area (Å²) in [5, 5.41) is 13.6. The number of rotatable bonds is 4. The summed E-state index contributed by atoms with van der Waals surface area (Å²) in [6.07, 6.45) is -0.235. The van der Waals surface area contributed by atoms with Crippen molar-refractivity contribution in [3.8, 4) is 0 Å². The summed E-state index contributed by atoms with van der Waals surface area (Å²) < 4.78 is 24.4. The fraction of sp³-hybridized carbons (Fsp3) is 0.750. The molecular formula is C8H12F2N4S. The second kappa shape index (κ2) is 4.80. The highest BCUT2D eigenvalue weighted by atomic mass is 32.1. The van der Waals surface area contributed by atoms with E-state index in [1.807, 2.05) is 0 Å². The minimum Gasteiger partial charge on any atom is -0.359 e. The first kappa shape index (κ1) is 10.7. The Hall–Kier alpha value is -0.820. The zero-order chi connectivity index (χ0) is 10.7. The van der Waals surface area contributed by atoms with Gasteiger partial charge in [-0.25, -0.2) is 8.78 Å². The molecule has 1 aromatic rings. The van der Waals surface area contributed by atoms with Crippen molar-refractivity contribution in [2.45, 2.75) is 25.3 Å². The molecule has 2 rings (SSSR count). The van der Waals surface area contributed by atoms with E-state index in [1.165, 1.54) is 6.42 Å². The molecule has 0 spiro atoms. The van der Waals surface area contributed by atoms with Crippen molar-refractivity contribution in [3.63, 3.8) is 0 Å². The van der Waals surface area contributed by atoms with E-state index in [2.05, 4.69) is 20.8 Å². The molecule has 0 aromatic carbocycles. The van der Waals surface area contributed by atoms with Gasteiger partial charge in [-0.05, 0) is 19.4 Å². The van der Waals surface area contributed by atoms with E-state index in [0.717, 1.165) is 30.8 Å². The van der Waals surface area contributed by atoms with Crippen LogP contribution in [0.2, 0.25) is 0 Å². The van der Waals surface area contributed by atoms with E-state index in [-0.39, 0.29) is 5.01 Å². The molecule has 0 amide bonds. The predicted octanol–water partition coefficient (Wildman–Crippen LogP) is 1.64. The van der Waals surface area contributed by atoms with E-state index >= 15 is 0 Å². The predicted molar refractivity (Wildman–Crippen MR) is 54.4 cm³/mol. The lowest BCUT2D eigenvalue weighted by atomic mass is 10.2. The average molecular weight is 234 g/mol. The Bertz CT molecular complexity index is 311. The van der Waals surface area contributed by atoms with E-state index in [4.69, 9.17) is 0 Å². The summed E-state index contributed by atoms with van der Waals surface area (Å²) >= 11 is 0.913. The highest BCUT2D eigenvalue weighted by Crippen LogP contribution is 2.25. The smallest absolute Gasteiger partial charge is 0.291 e. The molecule has 1 atom stereocenters. The largest absolute Gasteiger partial charge is 0.359 e. The van der Waals surface area contributed by atoms with Crippen LogP contribution < -0.4 is 10.6 Å². The molecular weight excluding hydrogens is 222 g/mol. The van der Waals surface area contributed by atoms with Crippen molar-refractivity contribution in [2.75, 3.05) is 18.4 Å². The van der Waals surface area contributed by atoms with Gasteiger partial charge in [0.25, 0.3) is 6.43 Å². The molecule has 1 aromatic heterocycles. The summed E-state index contributed by atoms with van der Waals surface area (Å²) in [6.45, 7) is 1.75. The SMILES string of the molecule is FC(F)c1nnc(NCC2CCCN2)s1. The molecule has 4 nitrogen and oxygen atoms in total. The molecule has 2 N–H and O–H groups in total. The summed E-state index contributed by atoms with van der Waals surface area (Å²) in [5.41, 5.74) is 0. The van der Waals surface area contributed by atoms with Crippen molar-refractivity contribution in [1.82, 2.24) is 15.5 Å². The maximum Gasteiger partial charge on any atom is 0.291 e. The number of hydrogen-bond donors (Lipinski definition) is 2. The van der Waals surface area contributed by atoms with Gasteiger partial charge in [0.1, 0.15) is 0 Å². The molecule has 0 saturated carbocycles. The van der Waals surface area contributed by atoms with Gasteiger partial charge in [-0.2, -0.15) is 0 Å². The zero-order valence-electron chi connectivity index (χ0n) is 8.04. The van der Waals surface area contributed by atoms with Crippen LogP contribution in [-0.4, -0.2) is 29.3 Å². The molecule has 1 aliphatic heterocycles. The Kier molecular flexibility index (Phi) is 3.42. The van der Waals surface area contributed by atoms with Gasteiger partial charge in [-0.3, -0.25) is 0 Å². The topological polar surface area (TPSA) is 49.8 Å². The van der Waals surface area contributed by atoms with E-state index in [0.29, 0.717) is 11.2 Å². The Balaban J connectivity index is 1.82. The van der Waals surface area contributed by atoms with Gasteiger partial charge in [0.05, 0.1) is 0 Å². The fourth-order valence-corrected chi connectivity index (χ4v) is 2.14. The number of hydrogen-bond acceptors (Lipinski definition) is 5. The summed E-state index contributed by atoms with van der Waals surface area (Å²) in [4.78, 5) is 0. The lowest BCUT2D eigenvalue weighted by Crippen LogP contribution is -2.29. The quantitative estimate of drug-likeness (QED) is 0.831. The number of halogens is 2. The van der Waals surface area contributed by atoms with Crippen LogP contribution >= 0.6 is 11.3 Å². The van der Waals surface area contributed by atoms with Crippen molar-refractivity contribution in [2.24, 2.45) is 0 Å².